The SMILES string of the molecule is CC[C@]12CCC3(O1)C(C(=O)NC(C)(C)CC(C)(C)C)N(CCCO)C(=O)[C@@H]3[C@H]2C(=O)NCc1ccccc1. The molecule has 2 unspecified atom stereocenters. The van der Waals surface area contributed by atoms with Crippen molar-refractivity contribution in [3.63, 3.8) is 0 Å². The van der Waals surface area contributed by atoms with Gasteiger partial charge in [-0.05, 0) is 56.9 Å². The summed E-state index contributed by atoms with van der Waals surface area (Å²) < 4.78 is 6.79. The maximum atomic E-state index is 14.0. The standard InChI is InChI=1S/C30H45N3O5/c1-7-29-14-15-30(38-29)22(21(29)24(35)31-18-20-12-9-8-10-13-20)26(37)33(16-11-17-34)23(30)25(36)32-28(5,6)19-27(2,3)4/h8-10,12-13,21-23,34H,7,11,14-19H2,1-6H3,(H,31,35)(H,32,36)/t21-,22-,23?,29+,30?/m0/s1. The molecule has 0 aromatic heterocycles. The number of carbonyl (C=O) groups is 3. The lowest BCUT2D eigenvalue weighted by molar-refractivity contribution is -0.148. The maximum absolute atomic E-state index is 14.0. The number of rotatable bonds is 10. The van der Waals surface area contributed by atoms with Gasteiger partial charge in [-0.1, -0.05) is 58.0 Å². The number of hydrogen-bond donors (Lipinski definition) is 3. The summed E-state index contributed by atoms with van der Waals surface area (Å²) in [6.45, 7) is 12.9. The summed E-state index contributed by atoms with van der Waals surface area (Å²) in [5.41, 5.74) is -1.36. The van der Waals surface area contributed by atoms with Gasteiger partial charge in [-0.25, -0.2) is 0 Å². The number of likely N-dealkylation sites (tertiary alicyclic amines) is 1. The van der Waals surface area contributed by atoms with Crippen molar-refractivity contribution in [2.45, 2.75) is 103 Å². The Morgan fingerprint density at radius 3 is 2.39 bits per heavy atom. The summed E-state index contributed by atoms with van der Waals surface area (Å²) in [5, 5.41) is 15.8. The normalized spacial score (nSPS) is 30.4. The topological polar surface area (TPSA) is 108 Å². The Labute approximate surface area is 226 Å². The number of aliphatic hydroxyl groups is 1. The third-order valence-electron chi connectivity index (χ3n) is 8.51. The Morgan fingerprint density at radius 2 is 1.79 bits per heavy atom. The third-order valence-corrected chi connectivity index (χ3v) is 8.51. The molecule has 3 N–H and O–H groups in total. The zero-order valence-electron chi connectivity index (χ0n) is 23.8. The van der Waals surface area contributed by atoms with Crippen LogP contribution in [0.5, 0.6) is 0 Å². The van der Waals surface area contributed by atoms with Crippen molar-refractivity contribution in [3.8, 4) is 0 Å². The van der Waals surface area contributed by atoms with Crippen LogP contribution in [0.25, 0.3) is 0 Å². The fraction of sp³-hybridized carbons (Fsp3) is 0.700. The lowest BCUT2D eigenvalue weighted by atomic mass is 9.65. The van der Waals surface area contributed by atoms with Crippen molar-refractivity contribution in [3.05, 3.63) is 35.9 Å². The smallest absolute Gasteiger partial charge is 0.246 e. The van der Waals surface area contributed by atoms with E-state index in [0.717, 1.165) is 12.0 Å². The van der Waals surface area contributed by atoms with E-state index < -0.39 is 34.6 Å². The summed E-state index contributed by atoms with van der Waals surface area (Å²) in [4.78, 5) is 43.4. The molecule has 0 aliphatic carbocycles. The molecule has 3 fully saturated rings. The van der Waals surface area contributed by atoms with Crippen LogP contribution in [0.1, 0.15) is 79.2 Å². The van der Waals surface area contributed by atoms with E-state index in [0.29, 0.717) is 32.2 Å². The molecule has 8 heteroatoms. The fourth-order valence-electron chi connectivity index (χ4n) is 7.56. The van der Waals surface area contributed by atoms with Crippen LogP contribution in [-0.4, -0.2) is 63.7 Å². The van der Waals surface area contributed by atoms with E-state index in [4.69, 9.17) is 4.74 Å². The van der Waals surface area contributed by atoms with E-state index in [1.165, 1.54) is 0 Å². The predicted molar refractivity (Wildman–Crippen MR) is 145 cm³/mol. The van der Waals surface area contributed by atoms with Gasteiger partial charge in [0, 0.05) is 25.2 Å². The molecule has 2 bridgehead atoms. The van der Waals surface area contributed by atoms with Crippen LogP contribution in [0.3, 0.4) is 0 Å². The molecule has 5 atom stereocenters. The van der Waals surface area contributed by atoms with Gasteiger partial charge in [-0.2, -0.15) is 0 Å². The van der Waals surface area contributed by atoms with Crippen LogP contribution in [0.2, 0.25) is 0 Å². The van der Waals surface area contributed by atoms with Crippen LogP contribution < -0.4 is 10.6 Å². The highest BCUT2D eigenvalue weighted by atomic mass is 16.5. The van der Waals surface area contributed by atoms with E-state index in [1.54, 1.807) is 4.90 Å². The quantitative estimate of drug-likeness (QED) is 0.433. The Bertz CT molecular complexity index is 1050. The van der Waals surface area contributed by atoms with Crippen LogP contribution in [-0.2, 0) is 25.7 Å². The van der Waals surface area contributed by atoms with E-state index in [-0.39, 0.29) is 36.3 Å². The van der Waals surface area contributed by atoms with Crippen molar-refractivity contribution in [1.82, 2.24) is 15.5 Å². The second-order valence-corrected chi connectivity index (χ2v) is 13.3. The second kappa shape index (κ2) is 10.3. The highest BCUT2D eigenvalue weighted by Gasteiger charge is 2.78. The van der Waals surface area contributed by atoms with E-state index in [9.17, 15) is 19.5 Å². The number of benzene rings is 1. The van der Waals surface area contributed by atoms with Crippen molar-refractivity contribution in [1.29, 1.82) is 0 Å². The first kappa shape index (κ1) is 28.6. The number of fused-ring (bicyclic) bond motifs is 1. The third kappa shape index (κ3) is 5.09. The summed E-state index contributed by atoms with van der Waals surface area (Å²) in [6.07, 6.45) is 2.87. The first-order chi connectivity index (χ1) is 17.8. The first-order valence-electron chi connectivity index (χ1n) is 14.0. The van der Waals surface area contributed by atoms with Crippen molar-refractivity contribution in [2.75, 3.05) is 13.2 Å². The van der Waals surface area contributed by atoms with Crippen molar-refractivity contribution >= 4 is 17.7 Å². The van der Waals surface area contributed by atoms with Crippen molar-refractivity contribution in [2.24, 2.45) is 17.3 Å². The predicted octanol–water partition coefficient (Wildman–Crippen LogP) is 3.17. The molecule has 1 aromatic carbocycles. The number of nitrogens with one attached hydrogen (secondary N) is 2. The molecule has 38 heavy (non-hydrogen) atoms. The molecule has 4 rings (SSSR count). The second-order valence-electron chi connectivity index (χ2n) is 13.3. The molecule has 0 radical (unpaired) electrons. The number of amides is 3. The van der Waals surface area contributed by atoms with Crippen LogP contribution in [0.15, 0.2) is 30.3 Å². The molecule has 0 saturated carbocycles. The van der Waals surface area contributed by atoms with Crippen LogP contribution in [0.4, 0.5) is 0 Å². The molecule has 1 aromatic rings. The Hall–Kier alpha value is -2.45. The summed E-state index contributed by atoms with van der Waals surface area (Å²) >= 11 is 0. The van der Waals surface area contributed by atoms with Crippen LogP contribution >= 0.6 is 0 Å². The number of ether oxygens (including phenoxy) is 1. The fourth-order valence-corrected chi connectivity index (χ4v) is 7.56. The minimum absolute atomic E-state index is 0.00378. The average molecular weight is 528 g/mol. The van der Waals surface area contributed by atoms with Gasteiger partial charge in [0.15, 0.2) is 0 Å². The highest BCUT2D eigenvalue weighted by Crippen LogP contribution is 2.64. The lowest BCUT2D eigenvalue weighted by Gasteiger charge is -2.38. The number of nitrogens with zero attached hydrogens (tertiary/aromatic N) is 1. The van der Waals surface area contributed by atoms with Gasteiger partial charge >= 0.3 is 0 Å². The van der Waals surface area contributed by atoms with Crippen molar-refractivity contribution < 1.29 is 24.2 Å². The van der Waals surface area contributed by atoms with Gasteiger partial charge in [0.25, 0.3) is 0 Å². The maximum Gasteiger partial charge on any atom is 0.246 e. The van der Waals surface area contributed by atoms with E-state index in [1.807, 2.05) is 51.1 Å². The zero-order chi connectivity index (χ0) is 27.9. The van der Waals surface area contributed by atoms with Gasteiger partial charge in [0.05, 0.1) is 17.4 Å². The minimum Gasteiger partial charge on any atom is -0.396 e. The molecule has 3 saturated heterocycles. The van der Waals surface area contributed by atoms with Gasteiger partial charge < -0.3 is 25.4 Å². The van der Waals surface area contributed by atoms with Gasteiger partial charge in [0.1, 0.15) is 11.6 Å². The molecule has 3 aliphatic rings. The Balaban J connectivity index is 1.66. The Morgan fingerprint density at radius 1 is 1.11 bits per heavy atom. The number of aliphatic hydroxyl groups excluding tert-OH is 1. The van der Waals surface area contributed by atoms with Gasteiger partial charge in [-0.15, -0.1) is 0 Å². The average Bonchev–Trinajstić information content (AvgIpc) is 3.43. The molecule has 3 amide bonds. The van der Waals surface area contributed by atoms with E-state index in [2.05, 4.69) is 31.4 Å². The Kier molecular flexibility index (Phi) is 7.71. The molecule has 3 heterocycles. The molecule has 3 aliphatic heterocycles. The van der Waals surface area contributed by atoms with Gasteiger partial charge in [0.2, 0.25) is 17.7 Å². The molecule has 8 nitrogen and oxygen atoms in total. The number of carbonyl (C=O) groups excluding carboxylic acids is 3. The molecular formula is C30H45N3O5. The summed E-state index contributed by atoms with van der Waals surface area (Å²) in [5.74, 6) is -2.07. The minimum atomic E-state index is -1.06. The highest BCUT2D eigenvalue weighted by molar-refractivity contribution is 5.99. The van der Waals surface area contributed by atoms with Crippen LogP contribution in [0, 0.1) is 17.3 Å². The monoisotopic (exact) mass is 527 g/mol. The summed E-state index contributed by atoms with van der Waals surface area (Å²) in [7, 11) is 0. The largest absolute Gasteiger partial charge is 0.396 e. The zero-order valence-corrected chi connectivity index (χ0v) is 23.8. The number of hydrogen-bond acceptors (Lipinski definition) is 5. The lowest BCUT2D eigenvalue weighted by Crippen LogP contribution is -2.59. The summed E-state index contributed by atoms with van der Waals surface area (Å²) in [6, 6.07) is 8.84. The molecular weight excluding hydrogens is 482 g/mol. The van der Waals surface area contributed by atoms with Gasteiger partial charge in [-0.3, -0.25) is 14.4 Å². The van der Waals surface area contributed by atoms with E-state index >= 15 is 0 Å². The molecule has 1 spiro atoms. The molecule has 210 valence electrons. The first-order valence-corrected chi connectivity index (χ1v) is 14.0.